The zero-order valence-electron chi connectivity index (χ0n) is 11.3. The van der Waals surface area contributed by atoms with Gasteiger partial charge in [0.25, 0.3) is 0 Å². The fourth-order valence-electron chi connectivity index (χ4n) is 2.91. The fraction of sp³-hybridized carbons (Fsp3) is 0.846. The van der Waals surface area contributed by atoms with Gasteiger partial charge in [-0.05, 0) is 31.6 Å². The smallest absolute Gasteiger partial charge is 0.319 e. The Bertz CT molecular complexity index is 355. The molecular weight excluding hydrogens is 248 g/mol. The van der Waals surface area contributed by atoms with E-state index in [-0.39, 0.29) is 12.1 Å². The van der Waals surface area contributed by atoms with Crippen LogP contribution in [0, 0.1) is 11.8 Å². The van der Waals surface area contributed by atoms with Gasteiger partial charge in [0, 0.05) is 26.7 Å². The molecule has 0 aromatic carbocycles. The second-order valence-electron chi connectivity index (χ2n) is 5.78. The summed E-state index contributed by atoms with van der Waals surface area (Å²) in [6.45, 7) is 1.59. The van der Waals surface area contributed by atoms with Gasteiger partial charge in [-0.25, -0.2) is 4.79 Å². The van der Waals surface area contributed by atoms with Crippen molar-refractivity contribution in [2.24, 2.45) is 11.8 Å². The molecule has 6 heteroatoms. The van der Waals surface area contributed by atoms with Crippen LogP contribution in [0.5, 0.6) is 0 Å². The van der Waals surface area contributed by atoms with E-state index in [0.717, 1.165) is 19.3 Å². The molecule has 1 atom stereocenters. The third-order valence-electron chi connectivity index (χ3n) is 4.11. The molecule has 2 aliphatic rings. The first-order chi connectivity index (χ1) is 8.97. The molecule has 0 unspecified atom stereocenters. The van der Waals surface area contributed by atoms with E-state index in [1.165, 1.54) is 0 Å². The maximum Gasteiger partial charge on any atom is 0.319 e. The number of likely N-dealkylation sites (tertiary alicyclic amines) is 1. The summed E-state index contributed by atoms with van der Waals surface area (Å²) in [5.74, 6) is -0.872. The highest BCUT2D eigenvalue weighted by Crippen LogP contribution is 2.28. The maximum atomic E-state index is 12.2. The number of aliphatic carboxylic acids is 1. The molecule has 0 aromatic heterocycles. The third-order valence-corrected chi connectivity index (χ3v) is 4.11. The van der Waals surface area contributed by atoms with Gasteiger partial charge in [0.1, 0.15) is 0 Å². The molecule has 6 nitrogen and oxygen atoms in total. The SMILES string of the molecule is CN(CC1CC(O)C1)C(=O)N1CCC[C@@H](C(=O)O)C1. The van der Waals surface area contributed by atoms with Crippen LogP contribution >= 0.6 is 0 Å². The molecule has 2 rings (SSSR count). The first-order valence-corrected chi connectivity index (χ1v) is 6.88. The normalized spacial score (nSPS) is 30.6. The maximum absolute atomic E-state index is 12.2. The van der Waals surface area contributed by atoms with Crippen molar-refractivity contribution in [3.05, 3.63) is 0 Å². The number of carboxylic acids is 1. The van der Waals surface area contributed by atoms with Crippen LogP contribution in [0.4, 0.5) is 4.79 Å². The summed E-state index contributed by atoms with van der Waals surface area (Å²) < 4.78 is 0. The molecule has 0 radical (unpaired) electrons. The van der Waals surface area contributed by atoms with Crippen LogP contribution in [-0.2, 0) is 4.79 Å². The van der Waals surface area contributed by atoms with Crippen LogP contribution in [0.2, 0.25) is 0 Å². The predicted molar refractivity (Wildman–Crippen MR) is 68.7 cm³/mol. The van der Waals surface area contributed by atoms with Crippen molar-refractivity contribution in [3.8, 4) is 0 Å². The molecule has 1 saturated carbocycles. The van der Waals surface area contributed by atoms with Crippen LogP contribution in [-0.4, -0.2) is 64.8 Å². The Balaban J connectivity index is 1.82. The first kappa shape index (κ1) is 14.1. The van der Waals surface area contributed by atoms with Crippen molar-refractivity contribution in [1.29, 1.82) is 0 Å². The Morgan fingerprint density at radius 3 is 2.63 bits per heavy atom. The largest absolute Gasteiger partial charge is 0.481 e. The van der Waals surface area contributed by atoms with Crippen LogP contribution in [0.3, 0.4) is 0 Å². The van der Waals surface area contributed by atoms with Crippen molar-refractivity contribution in [1.82, 2.24) is 9.80 Å². The van der Waals surface area contributed by atoms with Crippen molar-refractivity contribution >= 4 is 12.0 Å². The Morgan fingerprint density at radius 1 is 1.37 bits per heavy atom. The lowest BCUT2D eigenvalue weighted by Gasteiger charge is -2.38. The van der Waals surface area contributed by atoms with E-state index in [2.05, 4.69) is 0 Å². The van der Waals surface area contributed by atoms with Crippen LogP contribution in [0.25, 0.3) is 0 Å². The molecule has 19 heavy (non-hydrogen) atoms. The molecule has 1 heterocycles. The van der Waals surface area contributed by atoms with Crippen LogP contribution < -0.4 is 0 Å². The highest BCUT2D eigenvalue weighted by molar-refractivity contribution is 5.76. The number of nitrogens with zero attached hydrogens (tertiary/aromatic N) is 2. The van der Waals surface area contributed by atoms with Gasteiger partial charge in [0.05, 0.1) is 12.0 Å². The summed E-state index contributed by atoms with van der Waals surface area (Å²) in [6, 6.07) is -0.0904. The van der Waals surface area contributed by atoms with E-state index in [1.54, 1.807) is 16.8 Å². The van der Waals surface area contributed by atoms with Crippen molar-refractivity contribution in [3.63, 3.8) is 0 Å². The number of hydrogen-bond donors (Lipinski definition) is 2. The summed E-state index contributed by atoms with van der Waals surface area (Å²) in [7, 11) is 1.75. The van der Waals surface area contributed by atoms with Gasteiger partial charge < -0.3 is 20.0 Å². The lowest BCUT2D eigenvalue weighted by atomic mass is 9.82. The van der Waals surface area contributed by atoms with Gasteiger partial charge in [-0.3, -0.25) is 4.79 Å². The van der Waals surface area contributed by atoms with Gasteiger partial charge in [0.15, 0.2) is 0 Å². The van der Waals surface area contributed by atoms with E-state index in [4.69, 9.17) is 5.11 Å². The number of hydrogen-bond acceptors (Lipinski definition) is 3. The molecule has 2 N–H and O–H groups in total. The molecule has 0 aromatic rings. The summed E-state index contributed by atoms with van der Waals surface area (Å²) in [5.41, 5.74) is 0. The number of carbonyl (C=O) groups excluding carboxylic acids is 1. The summed E-state index contributed by atoms with van der Waals surface area (Å²) >= 11 is 0. The molecule has 0 bridgehead atoms. The number of carbonyl (C=O) groups is 2. The standard InChI is InChI=1S/C13H22N2O4/c1-14(7-9-5-11(16)6-9)13(19)15-4-2-3-10(8-15)12(17)18/h9-11,16H,2-8H2,1H3,(H,17,18)/t9?,10-,11?/m1/s1. The average Bonchev–Trinajstić information content (AvgIpc) is 2.36. The minimum absolute atomic E-state index is 0.0904. The van der Waals surface area contributed by atoms with Crippen molar-refractivity contribution < 1.29 is 19.8 Å². The summed E-state index contributed by atoms with van der Waals surface area (Å²) in [6.07, 6.45) is 2.71. The van der Waals surface area contributed by atoms with Gasteiger partial charge >= 0.3 is 12.0 Å². The summed E-state index contributed by atoms with van der Waals surface area (Å²) in [5, 5.41) is 18.3. The molecule has 1 aliphatic carbocycles. The Hall–Kier alpha value is -1.30. The third kappa shape index (κ3) is 3.37. The zero-order valence-corrected chi connectivity index (χ0v) is 11.3. The van der Waals surface area contributed by atoms with Gasteiger partial charge in [-0.1, -0.05) is 0 Å². The molecule has 2 amide bonds. The van der Waals surface area contributed by atoms with E-state index >= 15 is 0 Å². The molecular formula is C13H22N2O4. The topological polar surface area (TPSA) is 81.1 Å². The molecule has 2 fully saturated rings. The Kier molecular flexibility index (Phi) is 4.29. The number of piperidine rings is 1. The van der Waals surface area contributed by atoms with Crippen LogP contribution in [0.1, 0.15) is 25.7 Å². The number of carboxylic acid groups (broad SMARTS) is 1. The minimum Gasteiger partial charge on any atom is -0.481 e. The van der Waals surface area contributed by atoms with E-state index in [1.807, 2.05) is 0 Å². The molecule has 0 spiro atoms. The minimum atomic E-state index is -0.817. The lowest BCUT2D eigenvalue weighted by molar-refractivity contribution is -0.143. The Morgan fingerprint density at radius 2 is 2.05 bits per heavy atom. The number of amides is 2. The van der Waals surface area contributed by atoms with E-state index in [0.29, 0.717) is 32.0 Å². The quantitative estimate of drug-likeness (QED) is 0.787. The van der Waals surface area contributed by atoms with Crippen molar-refractivity contribution in [2.45, 2.75) is 31.8 Å². The first-order valence-electron chi connectivity index (χ1n) is 6.88. The van der Waals surface area contributed by atoms with Gasteiger partial charge in [0.2, 0.25) is 0 Å². The monoisotopic (exact) mass is 270 g/mol. The second-order valence-corrected chi connectivity index (χ2v) is 5.78. The fourth-order valence-corrected chi connectivity index (χ4v) is 2.91. The Labute approximate surface area is 113 Å². The van der Waals surface area contributed by atoms with E-state index in [9.17, 15) is 14.7 Å². The number of aliphatic hydroxyl groups excluding tert-OH is 1. The zero-order chi connectivity index (χ0) is 14.0. The van der Waals surface area contributed by atoms with Gasteiger partial charge in [-0.2, -0.15) is 0 Å². The predicted octanol–water partition coefficient (Wildman–Crippen LogP) is 0.606. The molecule has 1 aliphatic heterocycles. The highest BCUT2D eigenvalue weighted by Gasteiger charge is 2.32. The highest BCUT2D eigenvalue weighted by atomic mass is 16.4. The summed E-state index contributed by atoms with van der Waals surface area (Å²) in [4.78, 5) is 26.5. The van der Waals surface area contributed by atoms with E-state index < -0.39 is 11.9 Å². The number of aliphatic hydroxyl groups is 1. The van der Waals surface area contributed by atoms with Crippen molar-refractivity contribution in [2.75, 3.05) is 26.7 Å². The molecule has 108 valence electrons. The number of rotatable bonds is 3. The van der Waals surface area contributed by atoms with Crippen LogP contribution in [0.15, 0.2) is 0 Å². The molecule has 1 saturated heterocycles. The van der Waals surface area contributed by atoms with Gasteiger partial charge in [-0.15, -0.1) is 0 Å². The number of urea groups is 1. The average molecular weight is 270 g/mol. The second kappa shape index (κ2) is 5.77. The lowest BCUT2D eigenvalue weighted by Crippen LogP contribution is -2.49.